The highest BCUT2D eigenvalue weighted by atomic mass is 14.6. The Kier molecular flexibility index (Phi) is 2.68. The van der Waals surface area contributed by atoms with Crippen molar-refractivity contribution in [2.24, 2.45) is 0 Å². The molecule has 76 valence electrons. The fourth-order valence-electron chi connectivity index (χ4n) is 1.60. The minimum absolute atomic E-state index is 0.867. The molecule has 1 aromatic carbocycles. The summed E-state index contributed by atoms with van der Waals surface area (Å²) >= 11 is 0. The van der Waals surface area contributed by atoms with Gasteiger partial charge in [-0.1, -0.05) is 12.1 Å². The first kappa shape index (κ1) is 9.71. The molecule has 2 rings (SSSR count). The van der Waals surface area contributed by atoms with E-state index in [2.05, 4.69) is 17.1 Å². The van der Waals surface area contributed by atoms with E-state index >= 15 is 0 Å². The third-order valence-corrected chi connectivity index (χ3v) is 2.45. The second kappa shape index (κ2) is 4.13. The van der Waals surface area contributed by atoms with E-state index in [1.54, 1.807) is 12.4 Å². The number of hydrogen-bond donors (Lipinski definition) is 1. The van der Waals surface area contributed by atoms with Crippen LogP contribution in [0.1, 0.15) is 16.7 Å². The highest BCUT2D eigenvalue weighted by molar-refractivity contribution is 5.50. The Morgan fingerprint density at radius 1 is 1.13 bits per heavy atom. The molecule has 0 fully saturated rings. The third-order valence-electron chi connectivity index (χ3n) is 2.45. The van der Waals surface area contributed by atoms with E-state index in [-0.39, 0.29) is 0 Å². The molecule has 2 heteroatoms. The van der Waals surface area contributed by atoms with E-state index in [4.69, 9.17) is 5.73 Å². The minimum atomic E-state index is 0.867. The summed E-state index contributed by atoms with van der Waals surface area (Å²) in [5.74, 6) is 0. The normalized spacial score (nSPS) is 10.2. The molecule has 0 bridgehead atoms. The molecule has 0 atom stereocenters. The molecule has 15 heavy (non-hydrogen) atoms. The first-order valence-electron chi connectivity index (χ1n) is 4.99. The van der Waals surface area contributed by atoms with E-state index < -0.39 is 0 Å². The number of benzene rings is 1. The molecular formula is C13H14N2. The highest BCUT2D eigenvalue weighted by Gasteiger charge is 2.00. The number of pyridine rings is 1. The zero-order valence-electron chi connectivity index (χ0n) is 8.77. The average Bonchev–Trinajstić information content (AvgIpc) is 2.24. The second-order valence-corrected chi connectivity index (χ2v) is 3.73. The number of nitrogens with zero attached hydrogens (tertiary/aromatic N) is 1. The molecule has 0 saturated heterocycles. The molecule has 1 heterocycles. The summed E-state index contributed by atoms with van der Waals surface area (Å²) in [6.45, 7) is 2.05. The lowest BCUT2D eigenvalue weighted by Crippen LogP contribution is -1.96. The molecule has 2 N–H and O–H groups in total. The Hall–Kier alpha value is -1.83. The lowest BCUT2D eigenvalue weighted by molar-refractivity contribution is 1.16. The highest BCUT2D eigenvalue weighted by Crippen LogP contribution is 2.17. The van der Waals surface area contributed by atoms with E-state index in [1.165, 1.54) is 16.7 Å². The number of aromatic nitrogens is 1. The first-order valence-corrected chi connectivity index (χ1v) is 4.99. The van der Waals surface area contributed by atoms with Gasteiger partial charge in [-0.2, -0.15) is 0 Å². The monoisotopic (exact) mass is 198 g/mol. The van der Waals surface area contributed by atoms with Gasteiger partial charge in [0, 0.05) is 18.1 Å². The van der Waals surface area contributed by atoms with Crippen molar-refractivity contribution in [1.82, 2.24) is 4.98 Å². The van der Waals surface area contributed by atoms with Gasteiger partial charge < -0.3 is 5.73 Å². The molecule has 0 unspecified atom stereocenters. The number of nitrogen functional groups attached to an aromatic ring is 1. The van der Waals surface area contributed by atoms with E-state index in [9.17, 15) is 0 Å². The van der Waals surface area contributed by atoms with Gasteiger partial charge in [-0.05, 0) is 48.2 Å². The van der Waals surface area contributed by atoms with Crippen LogP contribution in [0.4, 0.5) is 5.69 Å². The van der Waals surface area contributed by atoms with Crippen molar-refractivity contribution in [3.63, 3.8) is 0 Å². The Balaban J connectivity index is 2.25. The zero-order valence-corrected chi connectivity index (χ0v) is 8.77. The smallest absolute Gasteiger partial charge is 0.0352 e. The maximum absolute atomic E-state index is 5.95. The molecule has 0 spiro atoms. The summed E-state index contributed by atoms with van der Waals surface area (Å²) < 4.78 is 0. The average molecular weight is 198 g/mol. The van der Waals surface area contributed by atoms with Crippen LogP contribution in [0, 0.1) is 6.92 Å². The predicted octanol–water partition coefficient (Wildman–Crippen LogP) is 2.56. The van der Waals surface area contributed by atoms with Crippen molar-refractivity contribution in [2.45, 2.75) is 13.3 Å². The van der Waals surface area contributed by atoms with Crippen LogP contribution < -0.4 is 5.73 Å². The fourth-order valence-corrected chi connectivity index (χ4v) is 1.60. The Morgan fingerprint density at radius 2 is 1.87 bits per heavy atom. The van der Waals surface area contributed by atoms with Gasteiger partial charge in [-0.3, -0.25) is 4.98 Å². The Bertz CT molecular complexity index is 449. The molecular weight excluding hydrogens is 184 g/mol. The summed E-state index contributed by atoms with van der Waals surface area (Å²) in [5.41, 5.74) is 10.4. The topological polar surface area (TPSA) is 38.9 Å². The Morgan fingerprint density at radius 3 is 2.53 bits per heavy atom. The number of hydrogen-bond acceptors (Lipinski definition) is 2. The Labute approximate surface area is 89.8 Å². The fraction of sp³-hybridized carbons (Fsp3) is 0.154. The van der Waals surface area contributed by atoms with Crippen LogP contribution >= 0.6 is 0 Å². The van der Waals surface area contributed by atoms with Crippen LogP contribution in [-0.2, 0) is 6.42 Å². The van der Waals surface area contributed by atoms with Gasteiger partial charge in [0.1, 0.15) is 0 Å². The van der Waals surface area contributed by atoms with Crippen molar-refractivity contribution in [1.29, 1.82) is 0 Å². The van der Waals surface area contributed by atoms with Crippen LogP contribution in [-0.4, -0.2) is 4.98 Å². The molecule has 1 aromatic heterocycles. The van der Waals surface area contributed by atoms with Gasteiger partial charge in [-0.15, -0.1) is 0 Å². The van der Waals surface area contributed by atoms with Crippen molar-refractivity contribution in [2.75, 3.05) is 5.73 Å². The van der Waals surface area contributed by atoms with Crippen LogP contribution in [0.25, 0.3) is 0 Å². The summed E-state index contributed by atoms with van der Waals surface area (Å²) in [5, 5.41) is 0. The molecule has 0 saturated carbocycles. The molecule has 0 amide bonds. The van der Waals surface area contributed by atoms with Crippen LogP contribution in [0.2, 0.25) is 0 Å². The quantitative estimate of drug-likeness (QED) is 0.753. The van der Waals surface area contributed by atoms with Crippen molar-refractivity contribution in [3.8, 4) is 0 Å². The number of rotatable bonds is 2. The molecule has 2 aromatic rings. The lowest BCUT2D eigenvalue weighted by atomic mass is 10.0. The zero-order chi connectivity index (χ0) is 10.7. The van der Waals surface area contributed by atoms with E-state index in [0.717, 1.165) is 12.1 Å². The van der Waals surface area contributed by atoms with Gasteiger partial charge in [0.25, 0.3) is 0 Å². The van der Waals surface area contributed by atoms with Crippen LogP contribution in [0.15, 0.2) is 42.7 Å². The third kappa shape index (κ3) is 2.34. The molecule has 0 aliphatic heterocycles. The second-order valence-electron chi connectivity index (χ2n) is 3.73. The first-order chi connectivity index (χ1) is 7.25. The van der Waals surface area contributed by atoms with Gasteiger partial charge in [0.05, 0.1) is 0 Å². The van der Waals surface area contributed by atoms with Crippen LogP contribution in [0.3, 0.4) is 0 Å². The number of anilines is 1. The van der Waals surface area contributed by atoms with Crippen molar-refractivity contribution in [3.05, 3.63) is 59.4 Å². The molecule has 0 aliphatic rings. The molecule has 0 radical (unpaired) electrons. The molecule has 0 aliphatic carbocycles. The van der Waals surface area contributed by atoms with Gasteiger partial charge in [-0.25, -0.2) is 0 Å². The van der Waals surface area contributed by atoms with Crippen molar-refractivity contribution >= 4 is 5.69 Å². The number of aryl methyl sites for hydroxylation is 1. The van der Waals surface area contributed by atoms with E-state index in [1.807, 2.05) is 25.1 Å². The maximum Gasteiger partial charge on any atom is 0.0352 e. The number of nitrogens with two attached hydrogens (primary N) is 1. The minimum Gasteiger partial charge on any atom is -0.398 e. The predicted molar refractivity (Wildman–Crippen MR) is 62.6 cm³/mol. The summed E-state index contributed by atoms with van der Waals surface area (Å²) in [4.78, 5) is 3.99. The largest absolute Gasteiger partial charge is 0.398 e. The SMILES string of the molecule is Cc1ccc(Cc2ccncc2)c(N)c1. The van der Waals surface area contributed by atoms with Gasteiger partial charge in [0.2, 0.25) is 0 Å². The summed E-state index contributed by atoms with van der Waals surface area (Å²) in [7, 11) is 0. The van der Waals surface area contributed by atoms with Crippen molar-refractivity contribution < 1.29 is 0 Å². The molecule has 2 nitrogen and oxygen atoms in total. The van der Waals surface area contributed by atoms with Crippen LogP contribution in [0.5, 0.6) is 0 Å². The summed E-state index contributed by atoms with van der Waals surface area (Å²) in [6, 6.07) is 10.2. The lowest BCUT2D eigenvalue weighted by Gasteiger charge is -2.06. The van der Waals surface area contributed by atoms with Gasteiger partial charge >= 0.3 is 0 Å². The van der Waals surface area contributed by atoms with E-state index in [0.29, 0.717) is 0 Å². The standard InChI is InChI=1S/C13H14N2/c1-10-2-3-12(13(14)8-10)9-11-4-6-15-7-5-11/h2-8H,9,14H2,1H3. The maximum atomic E-state index is 5.95. The summed E-state index contributed by atoms with van der Waals surface area (Å²) in [6.07, 6.45) is 4.48. The van der Waals surface area contributed by atoms with Gasteiger partial charge in [0.15, 0.2) is 0 Å².